The molecule has 3 nitrogen and oxygen atoms in total. The summed E-state index contributed by atoms with van der Waals surface area (Å²) in [6.45, 7) is 3.75. The van der Waals surface area contributed by atoms with Crippen molar-refractivity contribution in [3.05, 3.63) is 41.2 Å². The highest BCUT2D eigenvalue weighted by Gasteiger charge is 2.26. The number of hydrogen-bond acceptors (Lipinski definition) is 4. The molecule has 1 aromatic carbocycles. The molecular formula is C17H21FN2OS. The van der Waals surface area contributed by atoms with Gasteiger partial charge in [-0.1, -0.05) is 0 Å². The molecule has 0 aliphatic carbocycles. The van der Waals surface area contributed by atoms with Gasteiger partial charge in [0.25, 0.3) is 0 Å². The monoisotopic (exact) mass is 320 g/mol. The van der Waals surface area contributed by atoms with Crippen molar-refractivity contribution in [1.82, 2.24) is 9.88 Å². The van der Waals surface area contributed by atoms with Crippen molar-refractivity contribution in [1.29, 1.82) is 0 Å². The van der Waals surface area contributed by atoms with Crippen molar-refractivity contribution in [2.24, 2.45) is 0 Å². The molecule has 1 saturated heterocycles. The summed E-state index contributed by atoms with van der Waals surface area (Å²) >= 11 is 1.60. The van der Waals surface area contributed by atoms with Gasteiger partial charge in [0.15, 0.2) is 0 Å². The van der Waals surface area contributed by atoms with Gasteiger partial charge in [0.2, 0.25) is 0 Å². The summed E-state index contributed by atoms with van der Waals surface area (Å²) in [5.74, 6) is -0.224. The summed E-state index contributed by atoms with van der Waals surface area (Å²) in [6, 6.07) is 6.93. The van der Waals surface area contributed by atoms with E-state index >= 15 is 0 Å². The second-order valence-electron chi connectivity index (χ2n) is 6.00. The molecule has 0 bridgehead atoms. The average Bonchev–Trinajstić information content (AvgIpc) is 3.10. The number of thiazole rings is 1. The van der Waals surface area contributed by atoms with Crippen molar-refractivity contribution >= 4 is 11.3 Å². The average molecular weight is 320 g/mol. The fourth-order valence-electron chi connectivity index (χ4n) is 3.08. The molecule has 0 radical (unpaired) electrons. The third-order valence-electron chi connectivity index (χ3n) is 4.12. The van der Waals surface area contributed by atoms with Crippen molar-refractivity contribution in [2.75, 3.05) is 6.54 Å². The number of nitrogens with zero attached hydrogens (tertiary/aromatic N) is 2. The number of likely N-dealkylation sites (tertiary alicyclic amines) is 1. The smallest absolute Gasteiger partial charge is 0.123 e. The van der Waals surface area contributed by atoms with Gasteiger partial charge in [0.05, 0.1) is 11.8 Å². The Hall–Kier alpha value is -1.30. The maximum atomic E-state index is 13.0. The van der Waals surface area contributed by atoms with Gasteiger partial charge in [0, 0.05) is 23.5 Å². The second-order valence-corrected chi connectivity index (χ2v) is 6.86. The minimum Gasteiger partial charge on any atom is -0.393 e. The molecule has 0 saturated carbocycles. The van der Waals surface area contributed by atoms with Crippen LogP contribution in [-0.2, 0) is 6.54 Å². The van der Waals surface area contributed by atoms with E-state index in [-0.39, 0.29) is 11.9 Å². The first-order valence-electron chi connectivity index (χ1n) is 7.74. The van der Waals surface area contributed by atoms with Gasteiger partial charge in [-0.15, -0.1) is 11.3 Å². The van der Waals surface area contributed by atoms with Gasteiger partial charge in [0.1, 0.15) is 10.8 Å². The first kappa shape index (κ1) is 15.6. The second kappa shape index (κ2) is 6.86. The highest BCUT2D eigenvalue weighted by molar-refractivity contribution is 7.13. The van der Waals surface area contributed by atoms with E-state index in [4.69, 9.17) is 0 Å². The molecule has 118 valence electrons. The van der Waals surface area contributed by atoms with Crippen molar-refractivity contribution < 1.29 is 9.50 Å². The summed E-state index contributed by atoms with van der Waals surface area (Å²) in [5.41, 5.74) is 2.02. The third kappa shape index (κ3) is 3.72. The first-order chi connectivity index (χ1) is 10.6. The number of aliphatic hydroxyl groups excluding tert-OH is 1. The van der Waals surface area contributed by atoms with Crippen molar-refractivity contribution in [3.8, 4) is 10.6 Å². The van der Waals surface area contributed by atoms with Crippen LogP contribution < -0.4 is 0 Å². The normalized spacial score (nSPS) is 20.4. The number of aromatic nitrogens is 1. The van der Waals surface area contributed by atoms with Gasteiger partial charge in [-0.2, -0.15) is 0 Å². The topological polar surface area (TPSA) is 36.4 Å². The number of aliphatic hydroxyl groups is 1. The van der Waals surface area contributed by atoms with Crippen LogP contribution in [0.5, 0.6) is 0 Å². The summed E-state index contributed by atoms with van der Waals surface area (Å²) in [7, 11) is 0. The SMILES string of the molecule is CC(O)CC1CCCN1Cc1csc(-c2ccc(F)cc2)n1. The maximum Gasteiger partial charge on any atom is 0.123 e. The van der Waals surface area contributed by atoms with Crippen LogP contribution in [0, 0.1) is 5.82 Å². The lowest BCUT2D eigenvalue weighted by Gasteiger charge is -2.24. The summed E-state index contributed by atoms with van der Waals surface area (Å²) in [5, 5.41) is 12.6. The Morgan fingerprint density at radius 1 is 1.41 bits per heavy atom. The van der Waals surface area contributed by atoms with Crippen LogP contribution in [0.1, 0.15) is 31.9 Å². The van der Waals surface area contributed by atoms with E-state index in [2.05, 4.69) is 15.3 Å². The van der Waals surface area contributed by atoms with E-state index in [1.54, 1.807) is 23.5 Å². The minimum absolute atomic E-state index is 0.224. The Bertz CT molecular complexity index is 611. The Kier molecular flexibility index (Phi) is 4.86. The zero-order chi connectivity index (χ0) is 15.5. The molecule has 2 unspecified atom stereocenters. The first-order valence-corrected chi connectivity index (χ1v) is 8.62. The standard InChI is InChI=1S/C17H21FN2OS/c1-12(21)9-16-3-2-8-20(16)10-15-11-22-17(19-15)13-4-6-14(18)7-5-13/h4-7,11-12,16,21H,2-3,8-10H2,1H3. The van der Waals surface area contributed by atoms with Gasteiger partial charge < -0.3 is 5.11 Å². The molecule has 5 heteroatoms. The van der Waals surface area contributed by atoms with E-state index in [0.29, 0.717) is 6.04 Å². The van der Waals surface area contributed by atoms with Gasteiger partial charge in [-0.25, -0.2) is 9.37 Å². The maximum absolute atomic E-state index is 13.0. The zero-order valence-corrected chi connectivity index (χ0v) is 13.5. The lowest BCUT2D eigenvalue weighted by molar-refractivity contribution is 0.130. The van der Waals surface area contributed by atoms with Gasteiger partial charge in [-0.3, -0.25) is 4.90 Å². The van der Waals surface area contributed by atoms with Crippen LogP contribution in [0.2, 0.25) is 0 Å². The van der Waals surface area contributed by atoms with Gasteiger partial charge in [-0.05, 0) is 57.0 Å². The molecule has 1 aliphatic rings. The van der Waals surface area contributed by atoms with E-state index in [9.17, 15) is 9.50 Å². The molecule has 3 rings (SSSR count). The molecule has 2 heterocycles. The van der Waals surface area contributed by atoms with Crippen LogP contribution in [0.4, 0.5) is 4.39 Å². The Morgan fingerprint density at radius 3 is 2.91 bits per heavy atom. The number of benzene rings is 1. The number of halogens is 1. The Morgan fingerprint density at radius 2 is 2.18 bits per heavy atom. The number of rotatable bonds is 5. The van der Waals surface area contributed by atoms with Crippen LogP contribution in [0.3, 0.4) is 0 Å². The van der Waals surface area contributed by atoms with Crippen LogP contribution in [0.15, 0.2) is 29.6 Å². The molecular weight excluding hydrogens is 299 g/mol. The molecule has 0 amide bonds. The lowest BCUT2D eigenvalue weighted by Crippen LogP contribution is -2.31. The largest absolute Gasteiger partial charge is 0.393 e. The van der Waals surface area contributed by atoms with Crippen LogP contribution in [0.25, 0.3) is 10.6 Å². The highest BCUT2D eigenvalue weighted by atomic mass is 32.1. The quantitative estimate of drug-likeness (QED) is 0.913. The van der Waals surface area contributed by atoms with Crippen LogP contribution >= 0.6 is 11.3 Å². The molecule has 1 aromatic heterocycles. The molecule has 22 heavy (non-hydrogen) atoms. The summed E-state index contributed by atoms with van der Waals surface area (Å²) in [4.78, 5) is 7.09. The molecule has 1 aliphatic heterocycles. The fourth-order valence-corrected chi connectivity index (χ4v) is 3.89. The minimum atomic E-state index is -0.254. The Balaban J connectivity index is 1.67. The zero-order valence-electron chi connectivity index (χ0n) is 12.7. The van der Waals surface area contributed by atoms with Crippen molar-refractivity contribution in [3.63, 3.8) is 0 Å². The molecule has 0 spiro atoms. The predicted octanol–water partition coefficient (Wildman–Crippen LogP) is 3.68. The molecule has 2 aromatic rings. The van der Waals surface area contributed by atoms with Gasteiger partial charge >= 0.3 is 0 Å². The highest BCUT2D eigenvalue weighted by Crippen LogP contribution is 2.27. The number of hydrogen-bond donors (Lipinski definition) is 1. The summed E-state index contributed by atoms with van der Waals surface area (Å²) < 4.78 is 13.0. The van der Waals surface area contributed by atoms with E-state index < -0.39 is 0 Å². The van der Waals surface area contributed by atoms with Crippen LogP contribution in [-0.4, -0.2) is 33.7 Å². The van der Waals surface area contributed by atoms with Crippen molar-refractivity contribution in [2.45, 2.75) is 44.9 Å². The summed E-state index contributed by atoms with van der Waals surface area (Å²) in [6.07, 6.45) is 2.91. The van der Waals surface area contributed by atoms with E-state index in [0.717, 1.165) is 42.2 Å². The van der Waals surface area contributed by atoms with E-state index in [1.165, 1.54) is 18.6 Å². The lowest BCUT2D eigenvalue weighted by atomic mass is 10.1. The Labute approximate surface area is 134 Å². The fraction of sp³-hybridized carbons (Fsp3) is 0.471. The predicted molar refractivity (Wildman–Crippen MR) is 87.2 cm³/mol. The van der Waals surface area contributed by atoms with E-state index in [1.807, 2.05) is 6.92 Å². The third-order valence-corrected chi connectivity index (χ3v) is 5.06. The molecule has 1 fully saturated rings. The molecule has 1 N–H and O–H groups in total. The molecule has 2 atom stereocenters.